The molecule has 2 aliphatic rings. The third-order valence-electron chi connectivity index (χ3n) is 4.55. The molecule has 0 bridgehead atoms. The van der Waals surface area contributed by atoms with Crippen LogP contribution in [0.3, 0.4) is 0 Å². The highest BCUT2D eigenvalue weighted by Crippen LogP contribution is 2.38. The molecule has 0 atom stereocenters. The Morgan fingerprint density at radius 2 is 1.93 bits per heavy atom. The number of methoxy groups -OCH3 is 1. The van der Waals surface area contributed by atoms with Crippen molar-refractivity contribution in [2.75, 3.05) is 38.3 Å². The van der Waals surface area contributed by atoms with Gasteiger partial charge in [-0.2, -0.15) is 0 Å². The Morgan fingerprint density at radius 1 is 1.15 bits per heavy atom. The first-order valence-electron chi connectivity index (χ1n) is 8.45. The van der Waals surface area contributed by atoms with Crippen molar-refractivity contribution in [3.8, 4) is 5.75 Å². The number of morpholine rings is 1. The number of carbonyl (C=O) groups is 2. The van der Waals surface area contributed by atoms with E-state index in [9.17, 15) is 9.59 Å². The highest BCUT2D eigenvalue weighted by molar-refractivity contribution is 7.11. The number of carbonyl (C=O) groups excluding carboxylic acids is 2. The van der Waals surface area contributed by atoms with Crippen LogP contribution < -0.4 is 9.64 Å². The number of amides is 2. The molecule has 1 saturated heterocycles. The summed E-state index contributed by atoms with van der Waals surface area (Å²) in [5.41, 5.74) is 1.29. The molecule has 0 N–H and O–H groups in total. The minimum Gasteiger partial charge on any atom is -0.495 e. The van der Waals surface area contributed by atoms with Gasteiger partial charge in [-0.1, -0.05) is 17.7 Å². The van der Waals surface area contributed by atoms with Crippen LogP contribution in [0.5, 0.6) is 5.75 Å². The van der Waals surface area contributed by atoms with Gasteiger partial charge in [0.05, 0.1) is 36.6 Å². The SMILES string of the molecule is COc1ccc(N2C(=O)C(c3cccs3)=C(N3CCOCC3)C2=O)cc1Cl. The maximum atomic E-state index is 13.3. The fourth-order valence-corrected chi connectivity index (χ4v) is 4.28. The Hall–Kier alpha value is -2.35. The predicted molar refractivity (Wildman–Crippen MR) is 104 cm³/mol. The van der Waals surface area contributed by atoms with E-state index < -0.39 is 0 Å². The predicted octanol–water partition coefficient (Wildman–Crippen LogP) is 3.03. The molecule has 0 saturated carbocycles. The van der Waals surface area contributed by atoms with E-state index >= 15 is 0 Å². The number of hydrogen-bond donors (Lipinski definition) is 0. The molecule has 3 heterocycles. The van der Waals surface area contributed by atoms with E-state index in [1.807, 2.05) is 22.4 Å². The number of hydrogen-bond acceptors (Lipinski definition) is 6. The summed E-state index contributed by atoms with van der Waals surface area (Å²) in [5.74, 6) is -0.198. The molecule has 0 radical (unpaired) electrons. The maximum Gasteiger partial charge on any atom is 0.282 e. The number of benzene rings is 1. The summed E-state index contributed by atoms with van der Waals surface area (Å²) >= 11 is 7.65. The Balaban J connectivity index is 1.78. The van der Waals surface area contributed by atoms with Gasteiger partial charge in [0.15, 0.2) is 0 Å². The van der Waals surface area contributed by atoms with Crippen molar-refractivity contribution in [2.45, 2.75) is 0 Å². The van der Waals surface area contributed by atoms with Crippen molar-refractivity contribution < 1.29 is 19.1 Å². The minimum atomic E-state index is -0.342. The van der Waals surface area contributed by atoms with E-state index in [0.29, 0.717) is 54.0 Å². The number of imide groups is 1. The van der Waals surface area contributed by atoms with E-state index in [1.54, 1.807) is 18.2 Å². The van der Waals surface area contributed by atoms with Crippen LogP contribution in [-0.4, -0.2) is 50.1 Å². The molecule has 2 amide bonds. The summed E-state index contributed by atoms with van der Waals surface area (Å²) < 4.78 is 10.6. The van der Waals surface area contributed by atoms with Gasteiger partial charge in [0, 0.05) is 18.0 Å². The quantitative estimate of drug-likeness (QED) is 0.733. The van der Waals surface area contributed by atoms with Crippen LogP contribution in [0.15, 0.2) is 41.4 Å². The van der Waals surface area contributed by atoms with Gasteiger partial charge in [-0.05, 0) is 29.6 Å². The van der Waals surface area contributed by atoms with Gasteiger partial charge in [0.1, 0.15) is 11.4 Å². The van der Waals surface area contributed by atoms with E-state index in [-0.39, 0.29) is 11.8 Å². The lowest BCUT2D eigenvalue weighted by molar-refractivity contribution is -0.121. The van der Waals surface area contributed by atoms with Crippen LogP contribution >= 0.6 is 22.9 Å². The van der Waals surface area contributed by atoms with Crippen molar-refractivity contribution in [3.63, 3.8) is 0 Å². The molecule has 0 unspecified atom stereocenters. The van der Waals surface area contributed by atoms with Gasteiger partial charge < -0.3 is 14.4 Å². The highest BCUT2D eigenvalue weighted by atomic mass is 35.5. The lowest BCUT2D eigenvalue weighted by Crippen LogP contribution is -2.40. The number of nitrogens with zero attached hydrogens (tertiary/aromatic N) is 2. The smallest absolute Gasteiger partial charge is 0.282 e. The summed E-state index contributed by atoms with van der Waals surface area (Å²) in [4.78, 5) is 30.4. The van der Waals surface area contributed by atoms with E-state index in [1.165, 1.54) is 23.3 Å². The molecule has 4 rings (SSSR count). The average molecular weight is 405 g/mol. The van der Waals surface area contributed by atoms with Crippen molar-refractivity contribution >= 4 is 46.0 Å². The second kappa shape index (κ2) is 7.34. The van der Waals surface area contributed by atoms with E-state index in [2.05, 4.69) is 0 Å². The molecule has 2 aromatic rings. The second-order valence-electron chi connectivity index (χ2n) is 6.06. The summed E-state index contributed by atoms with van der Waals surface area (Å²) in [6.45, 7) is 2.19. The van der Waals surface area contributed by atoms with Crippen LogP contribution in [0.25, 0.3) is 5.57 Å². The van der Waals surface area contributed by atoms with E-state index in [4.69, 9.17) is 21.1 Å². The first kappa shape index (κ1) is 18.0. The lowest BCUT2D eigenvalue weighted by Gasteiger charge is -2.29. The van der Waals surface area contributed by atoms with E-state index in [0.717, 1.165) is 4.88 Å². The normalized spacial score (nSPS) is 17.9. The molecule has 8 heteroatoms. The fourth-order valence-electron chi connectivity index (χ4n) is 3.27. The average Bonchev–Trinajstić information content (AvgIpc) is 3.28. The summed E-state index contributed by atoms with van der Waals surface area (Å²) in [7, 11) is 1.51. The third-order valence-corrected chi connectivity index (χ3v) is 5.73. The zero-order valence-corrected chi connectivity index (χ0v) is 16.2. The van der Waals surface area contributed by atoms with Gasteiger partial charge in [-0.25, -0.2) is 4.90 Å². The molecule has 1 fully saturated rings. The largest absolute Gasteiger partial charge is 0.495 e. The monoisotopic (exact) mass is 404 g/mol. The first-order valence-corrected chi connectivity index (χ1v) is 9.70. The van der Waals surface area contributed by atoms with Gasteiger partial charge >= 0.3 is 0 Å². The van der Waals surface area contributed by atoms with Gasteiger partial charge in [0.25, 0.3) is 11.8 Å². The zero-order valence-electron chi connectivity index (χ0n) is 14.6. The molecule has 0 spiro atoms. The molecule has 0 aliphatic carbocycles. The first-order chi connectivity index (χ1) is 13.1. The van der Waals surface area contributed by atoms with Gasteiger partial charge in [-0.15, -0.1) is 11.3 Å². The summed E-state index contributed by atoms with van der Waals surface area (Å²) in [5, 5.41) is 2.23. The van der Waals surface area contributed by atoms with Gasteiger partial charge in [0.2, 0.25) is 0 Å². The number of anilines is 1. The van der Waals surface area contributed by atoms with Crippen molar-refractivity contribution in [1.29, 1.82) is 0 Å². The third kappa shape index (κ3) is 3.12. The lowest BCUT2D eigenvalue weighted by atomic mass is 10.1. The number of thiophene rings is 1. The minimum absolute atomic E-state index is 0.341. The van der Waals surface area contributed by atoms with Crippen LogP contribution in [0.4, 0.5) is 5.69 Å². The second-order valence-corrected chi connectivity index (χ2v) is 7.42. The topological polar surface area (TPSA) is 59.1 Å². The van der Waals surface area contributed by atoms with Gasteiger partial charge in [-0.3, -0.25) is 9.59 Å². The van der Waals surface area contributed by atoms with Crippen molar-refractivity contribution in [2.24, 2.45) is 0 Å². The number of rotatable bonds is 4. The number of halogens is 1. The molecule has 2 aliphatic heterocycles. The van der Waals surface area contributed by atoms with Crippen LogP contribution in [0.1, 0.15) is 4.88 Å². The Kier molecular flexibility index (Phi) is 4.90. The maximum absolute atomic E-state index is 13.3. The standard InChI is InChI=1S/C19H17ClN2O4S/c1-25-14-5-4-12(11-13(14)20)22-18(23)16(15-3-2-10-27-15)17(19(22)24)21-6-8-26-9-7-21/h2-5,10-11H,6-9H2,1H3. The molecule has 1 aromatic carbocycles. The van der Waals surface area contributed by atoms with Crippen molar-refractivity contribution in [3.05, 3.63) is 51.3 Å². The summed E-state index contributed by atoms with van der Waals surface area (Å²) in [6, 6.07) is 8.61. The van der Waals surface area contributed by atoms with Crippen LogP contribution in [-0.2, 0) is 14.3 Å². The fraction of sp³-hybridized carbons (Fsp3) is 0.263. The highest BCUT2D eigenvalue weighted by Gasteiger charge is 2.43. The Bertz CT molecular complexity index is 920. The molecule has 1 aromatic heterocycles. The summed E-state index contributed by atoms with van der Waals surface area (Å²) in [6.07, 6.45) is 0. The Labute approximate surface area is 165 Å². The molecule has 27 heavy (non-hydrogen) atoms. The molecule has 140 valence electrons. The zero-order chi connectivity index (χ0) is 19.0. The molecule has 6 nitrogen and oxygen atoms in total. The van der Waals surface area contributed by atoms with Crippen LogP contribution in [0.2, 0.25) is 5.02 Å². The Morgan fingerprint density at radius 3 is 2.56 bits per heavy atom. The number of ether oxygens (including phenoxy) is 2. The van der Waals surface area contributed by atoms with Crippen LogP contribution in [0, 0.1) is 0 Å². The van der Waals surface area contributed by atoms with Crippen molar-refractivity contribution in [1.82, 2.24) is 4.90 Å². The molecular weight excluding hydrogens is 388 g/mol. The molecular formula is C19H17ClN2O4S.